The van der Waals surface area contributed by atoms with Gasteiger partial charge in [0.1, 0.15) is 5.75 Å². The smallest absolute Gasteiger partial charge is 0.119 e. The van der Waals surface area contributed by atoms with Crippen LogP contribution in [0.4, 0.5) is 0 Å². The fourth-order valence-electron chi connectivity index (χ4n) is 2.45. The maximum absolute atomic E-state index is 5.29. The second-order valence-electron chi connectivity index (χ2n) is 5.00. The number of benzene rings is 2. The van der Waals surface area contributed by atoms with Crippen molar-refractivity contribution in [3.8, 4) is 5.75 Å². The minimum atomic E-state index is 0.327. The third kappa shape index (κ3) is 3.61. The molecule has 106 valence electrons. The van der Waals surface area contributed by atoms with Crippen molar-refractivity contribution in [1.29, 1.82) is 0 Å². The lowest BCUT2D eigenvalue weighted by Crippen LogP contribution is -2.19. The standard InChI is InChI=1S/C18H23NO/c1-4-14-7-5-9-16(11-14)18(19-2)13-15-8-6-10-17(12-15)20-3/h5-12,18-19H,4,13H2,1-3H3. The molecule has 1 atom stereocenters. The van der Waals surface area contributed by atoms with Gasteiger partial charge in [-0.05, 0) is 48.7 Å². The van der Waals surface area contributed by atoms with Gasteiger partial charge < -0.3 is 10.1 Å². The van der Waals surface area contributed by atoms with Gasteiger partial charge in [-0.15, -0.1) is 0 Å². The molecule has 0 amide bonds. The van der Waals surface area contributed by atoms with E-state index in [1.807, 2.05) is 19.2 Å². The van der Waals surface area contributed by atoms with E-state index in [0.29, 0.717) is 6.04 Å². The van der Waals surface area contributed by atoms with Crippen molar-refractivity contribution in [2.24, 2.45) is 0 Å². The van der Waals surface area contributed by atoms with Crippen LogP contribution in [0.1, 0.15) is 29.7 Å². The Morgan fingerprint density at radius 2 is 1.80 bits per heavy atom. The summed E-state index contributed by atoms with van der Waals surface area (Å²) in [6.45, 7) is 2.19. The largest absolute Gasteiger partial charge is 0.497 e. The average Bonchev–Trinajstić information content (AvgIpc) is 2.52. The number of methoxy groups -OCH3 is 1. The Balaban J connectivity index is 2.19. The van der Waals surface area contributed by atoms with E-state index in [0.717, 1.165) is 18.6 Å². The van der Waals surface area contributed by atoms with Gasteiger partial charge in [0.05, 0.1) is 7.11 Å². The highest BCUT2D eigenvalue weighted by Crippen LogP contribution is 2.22. The van der Waals surface area contributed by atoms with Gasteiger partial charge in [-0.25, -0.2) is 0 Å². The molecular formula is C18H23NO. The van der Waals surface area contributed by atoms with E-state index in [2.05, 4.69) is 48.6 Å². The first-order valence-electron chi connectivity index (χ1n) is 7.15. The number of likely N-dealkylation sites (N-methyl/N-ethyl adjacent to an activating group) is 1. The first-order valence-corrected chi connectivity index (χ1v) is 7.15. The van der Waals surface area contributed by atoms with Crippen LogP contribution in [0, 0.1) is 0 Å². The number of ether oxygens (including phenoxy) is 1. The molecule has 0 spiro atoms. The van der Waals surface area contributed by atoms with Gasteiger partial charge in [0.15, 0.2) is 0 Å². The topological polar surface area (TPSA) is 21.3 Å². The number of rotatable bonds is 6. The summed E-state index contributed by atoms with van der Waals surface area (Å²) in [5, 5.41) is 3.41. The van der Waals surface area contributed by atoms with Crippen LogP contribution in [0.5, 0.6) is 5.75 Å². The lowest BCUT2D eigenvalue weighted by Gasteiger charge is -2.18. The zero-order valence-electron chi connectivity index (χ0n) is 12.5. The van der Waals surface area contributed by atoms with Crippen LogP contribution in [-0.2, 0) is 12.8 Å². The fraction of sp³-hybridized carbons (Fsp3) is 0.333. The molecule has 0 radical (unpaired) electrons. The molecule has 2 aromatic carbocycles. The fourth-order valence-corrected chi connectivity index (χ4v) is 2.45. The van der Waals surface area contributed by atoms with Crippen molar-refractivity contribution in [1.82, 2.24) is 5.32 Å². The summed E-state index contributed by atoms with van der Waals surface area (Å²) in [6, 6.07) is 17.4. The Kier molecular flexibility index (Phi) is 5.19. The molecule has 2 nitrogen and oxygen atoms in total. The van der Waals surface area contributed by atoms with E-state index < -0.39 is 0 Å². The zero-order valence-corrected chi connectivity index (χ0v) is 12.5. The molecule has 0 aliphatic carbocycles. The molecule has 0 bridgehead atoms. The van der Waals surface area contributed by atoms with Crippen LogP contribution in [-0.4, -0.2) is 14.2 Å². The van der Waals surface area contributed by atoms with Crippen LogP contribution in [0.15, 0.2) is 48.5 Å². The summed E-state index contributed by atoms with van der Waals surface area (Å²) in [6.07, 6.45) is 2.03. The highest BCUT2D eigenvalue weighted by atomic mass is 16.5. The minimum Gasteiger partial charge on any atom is -0.497 e. The van der Waals surface area contributed by atoms with Crippen LogP contribution in [0.3, 0.4) is 0 Å². The summed E-state index contributed by atoms with van der Waals surface area (Å²) < 4.78 is 5.29. The summed E-state index contributed by atoms with van der Waals surface area (Å²) in [5.74, 6) is 0.916. The SMILES string of the molecule is CCc1cccc(C(Cc2cccc(OC)c2)NC)c1. The van der Waals surface area contributed by atoms with E-state index in [1.54, 1.807) is 7.11 Å². The molecule has 0 saturated carbocycles. The Bertz CT molecular complexity index is 551. The molecule has 20 heavy (non-hydrogen) atoms. The first-order chi connectivity index (χ1) is 9.76. The van der Waals surface area contributed by atoms with Crippen LogP contribution < -0.4 is 10.1 Å². The molecule has 2 heteroatoms. The second-order valence-corrected chi connectivity index (χ2v) is 5.00. The van der Waals surface area contributed by atoms with Crippen molar-refractivity contribution in [3.05, 3.63) is 65.2 Å². The van der Waals surface area contributed by atoms with Gasteiger partial charge in [-0.1, -0.05) is 43.3 Å². The van der Waals surface area contributed by atoms with Crippen molar-refractivity contribution in [2.45, 2.75) is 25.8 Å². The maximum atomic E-state index is 5.29. The van der Waals surface area contributed by atoms with E-state index >= 15 is 0 Å². The first kappa shape index (κ1) is 14.6. The monoisotopic (exact) mass is 269 g/mol. The van der Waals surface area contributed by atoms with Crippen LogP contribution >= 0.6 is 0 Å². The highest BCUT2D eigenvalue weighted by molar-refractivity contribution is 5.32. The van der Waals surface area contributed by atoms with E-state index in [4.69, 9.17) is 4.74 Å². The minimum absolute atomic E-state index is 0.327. The molecule has 0 aliphatic rings. The summed E-state index contributed by atoms with van der Waals surface area (Å²) in [5.41, 5.74) is 4.01. The van der Waals surface area contributed by atoms with Crippen molar-refractivity contribution >= 4 is 0 Å². The van der Waals surface area contributed by atoms with Gasteiger partial charge in [-0.2, -0.15) is 0 Å². The van der Waals surface area contributed by atoms with Crippen LogP contribution in [0.25, 0.3) is 0 Å². The summed E-state index contributed by atoms with van der Waals surface area (Å²) in [4.78, 5) is 0. The zero-order chi connectivity index (χ0) is 14.4. The normalized spacial score (nSPS) is 12.2. The van der Waals surface area contributed by atoms with Gasteiger partial charge in [0.25, 0.3) is 0 Å². The Morgan fingerprint density at radius 3 is 2.50 bits per heavy atom. The Hall–Kier alpha value is -1.80. The summed E-state index contributed by atoms with van der Waals surface area (Å²) in [7, 11) is 3.73. The van der Waals surface area contributed by atoms with Gasteiger partial charge >= 0.3 is 0 Å². The molecule has 0 saturated heterocycles. The molecule has 0 aliphatic heterocycles. The van der Waals surface area contributed by atoms with E-state index in [1.165, 1.54) is 16.7 Å². The molecule has 0 heterocycles. The van der Waals surface area contributed by atoms with Crippen molar-refractivity contribution in [2.75, 3.05) is 14.2 Å². The van der Waals surface area contributed by atoms with E-state index in [-0.39, 0.29) is 0 Å². The number of aryl methyl sites for hydroxylation is 1. The molecular weight excluding hydrogens is 246 g/mol. The number of hydrogen-bond acceptors (Lipinski definition) is 2. The number of nitrogens with one attached hydrogen (secondary N) is 1. The van der Waals surface area contributed by atoms with E-state index in [9.17, 15) is 0 Å². The highest BCUT2D eigenvalue weighted by Gasteiger charge is 2.11. The molecule has 0 aromatic heterocycles. The lowest BCUT2D eigenvalue weighted by atomic mass is 9.97. The van der Waals surface area contributed by atoms with Crippen molar-refractivity contribution in [3.63, 3.8) is 0 Å². The maximum Gasteiger partial charge on any atom is 0.119 e. The van der Waals surface area contributed by atoms with Gasteiger partial charge in [-0.3, -0.25) is 0 Å². The predicted octanol–water partition coefficient (Wildman–Crippen LogP) is 3.76. The molecule has 1 N–H and O–H groups in total. The lowest BCUT2D eigenvalue weighted by molar-refractivity contribution is 0.414. The second kappa shape index (κ2) is 7.11. The van der Waals surface area contributed by atoms with Crippen LogP contribution in [0.2, 0.25) is 0 Å². The third-order valence-electron chi connectivity index (χ3n) is 3.68. The Morgan fingerprint density at radius 1 is 1.05 bits per heavy atom. The molecule has 2 aromatic rings. The third-order valence-corrected chi connectivity index (χ3v) is 3.68. The molecule has 1 unspecified atom stereocenters. The average molecular weight is 269 g/mol. The molecule has 2 rings (SSSR count). The van der Waals surface area contributed by atoms with Crippen molar-refractivity contribution < 1.29 is 4.74 Å². The molecule has 0 fully saturated rings. The predicted molar refractivity (Wildman–Crippen MR) is 84.3 cm³/mol. The quantitative estimate of drug-likeness (QED) is 0.862. The Labute approximate surface area is 121 Å². The summed E-state index contributed by atoms with van der Waals surface area (Å²) >= 11 is 0. The number of hydrogen-bond donors (Lipinski definition) is 1. The van der Waals surface area contributed by atoms with Gasteiger partial charge in [0, 0.05) is 6.04 Å². The van der Waals surface area contributed by atoms with Gasteiger partial charge in [0.2, 0.25) is 0 Å².